The van der Waals surface area contributed by atoms with Crippen molar-refractivity contribution in [2.45, 2.75) is 193 Å². The van der Waals surface area contributed by atoms with Gasteiger partial charge >= 0.3 is 25.7 Å². The van der Waals surface area contributed by atoms with Crippen LogP contribution < -0.4 is 5.73 Å². The quantitative estimate of drug-likeness (QED) is 0.0149. The lowest BCUT2D eigenvalue weighted by Crippen LogP contribution is -2.34. The molecule has 0 radical (unpaired) electrons. The molecule has 0 saturated heterocycles. The molecule has 0 aliphatic carbocycles. The van der Waals surface area contributed by atoms with Crippen LogP contribution in [0, 0.1) is 0 Å². The number of unbranched alkanes of at least 4 members (excludes halogenated alkanes) is 16. The molecule has 0 amide bonds. The molecule has 0 bridgehead atoms. The first kappa shape index (κ1) is 57.9. The highest BCUT2D eigenvalue weighted by Gasteiger charge is 2.28. The molecule has 5 N–H and O–H groups in total. The van der Waals surface area contributed by atoms with Crippen LogP contribution in [0.4, 0.5) is 0 Å². The predicted molar refractivity (Wildman–Crippen MR) is 246 cm³/mol. The van der Waals surface area contributed by atoms with E-state index in [2.05, 4.69) is 54.8 Å². The van der Waals surface area contributed by atoms with Crippen LogP contribution in [-0.4, -0.2) is 71.1 Å². The fraction of sp³-hybridized carbons (Fsp3) is 0.688. The molecule has 13 heteroatoms. The standard InChI is InChI=1S/C48H82NO11P/c1-3-5-7-9-11-13-15-17-18-19-20-22-24-26-28-30-34-38-46(51)57-40-44(41-58-61(55,56)59-42-45(49)48(53)54)60-47(52)39-35-31-33-37-43(50)36-32-29-27-25-23-21-16-14-12-10-8-6-4-2/h6,8,12,14,21,23,27,29,31-33,36,43-45,50H,3-5,7,9-11,13,15-20,22,24-26,28,30,34-35,37-42,49H2,1-2H3,(H,53,54)(H,55,56)/b8-6-,14-12-,23-21-,29-27-,33-31-,36-32-/t43?,44-,45+/m1/s1. The van der Waals surface area contributed by atoms with Gasteiger partial charge in [0.05, 0.1) is 19.3 Å². The largest absolute Gasteiger partial charge is 0.480 e. The monoisotopic (exact) mass is 880 g/mol. The van der Waals surface area contributed by atoms with Crippen molar-refractivity contribution in [1.29, 1.82) is 0 Å². The Labute approximate surface area is 368 Å². The van der Waals surface area contributed by atoms with Crippen LogP contribution in [0.5, 0.6) is 0 Å². The van der Waals surface area contributed by atoms with Gasteiger partial charge in [-0.2, -0.15) is 0 Å². The zero-order chi connectivity index (χ0) is 45.1. The van der Waals surface area contributed by atoms with E-state index in [0.717, 1.165) is 44.9 Å². The van der Waals surface area contributed by atoms with Crippen LogP contribution in [0.2, 0.25) is 0 Å². The van der Waals surface area contributed by atoms with E-state index in [1.54, 1.807) is 24.3 Å². The number of nitrogens with two attached hydrogens (primary N) is 1. The van der Waals surface area contributed by atoms with Gasteiger partial charge in [-0.3, -0.25) is 23.4 Å². The number of carbonyl (C=O) groups excluding carboxylic acids is 2. The lowest BCUT2D eigenvalue weighted by molar-refractivity contribution is -0.161. The van der Waals surface area contributed by atoms with E-state index in [4.69, 9.17) is 24.8 Å². The van der Waals surface area contributed by atoms with Gasteiger partial charge in [-0.05, 0) is 44.9 Å². The Morgan fingerprint density at radius 3 is 1.66 bits per heavy atom. The van der Waals surface area contributed by atoms with Gasteiger partial charge in [0.25, 0.3) is 0 Å². The lowest BCUT2D eigenvalue weighted by Gasteiger charge is -2.20. The number of hydrogen-bond acceptors (Lipinski definition) is 10. The number of hydrogen-bond donors (Lipinski definition) is 4. The number of allylic oxidation sites excluding steroid dienone is 10. The maximum Gasteiger partial charge on any atom is 0.472 e. The van der Waals surface area contributed by atoms with Crippen molar-refractivity contribution in [2.75, 3.05) is 19.8 Å². The second-order valence-electron chi connectivity index (χ2n) is 15.4. The van der Waals surface area contributed by atoms with Crippen LogP contribution in [0.3, 0.4) is 0 Å². The summed E-state index contributed by atoms with van der Waals surface area (Å²) in [5.74, 6) is -2.58. The molecule has 0 aliphatic rings. The third-order valence-corrected chi connectivity index (χ3v) is 10.5. The molecule has 12 nitrogen and oxygen atoms in total. The van der Waals surface area contributed by atoms with E-state index >= 15 is 0 Å². The van der Waals surface area contributed by atoms with Gasteiger partial charge in [-0.1, -0.05) is 189 Å². The number of carbonyl (C=O) groups is 3. The summed E-state index contributed by atoms with van der Waals surface area (Å²) in [7, 11) is -4.77. The summed E-state index contributed by atoms with van der Waals surface area (Å²) < 4.78 is 32.6. The maximum atomic E-state index is 12.6. The van der Waals surface area contributed by atoms with E-state index in [0.29, 0.717) is 19.3 Å². The Kier molecular flexibility index (Phi) is 40.0. The van der Waals surface area contributed by atoms with Crippen LogP contribution in [0.1, 0.15) is 174 Å². The van der Waals surface area contributed by atoms with Crippen molar-refractivity contribution < 1.29 is 52.6 Å². The van der Waals surface area contributed by atoms with E-state index in [9.17, 15) is 28.9 Å². The predicted octanol–water partition coefficient (Wildman–Crippen LogP) is 11.5. The number of carboxylic acids is 1. The minimum Gasteiger partial charge on any atom is -0.480 e. The third-order valence-electron chi connectivity index (χ3n) is 9.56. The number of ether oxygens (including phenoxy) is 2. The molecule has 0 spiro atoms. The Bertz CT molecular complexity index is 1330. The van der Waals surface area contributed by atoms with Gasteiger partial charge in [0.1, 0.15) is 12.6 Å². The van der Waals surface area contributed by atoms with Crippen molar-refractivity contribution >= 4 is 25.7 Å². The molecule has 0 fully saturated rings. The Balaban J connectivity index is 4.54. The van der Waals surface area contributed by atoms with Crippen molar-refractivity contribution in [1.82, 2.24) is 0 Å². The first-order chi connectivity index (χ1) is 29.5. The first-order valence-corrected chi connectivity index (χ1v) is 24.6. The van der Waals surface area contributed by atoms with Gasteiger partial charge in [-0.25, -0.2) is 4.57 Å². The summed E-state index contributed by atoms with van der Waals surface area (Å²) >= 11 is 0. The first-order valence-electron chi connectivity index (χ1n) is 23.1. The van der Waals surface area contributed by atoms with E-state index in [-0.39, 0.29) is 12.8 Å². The van der Waals surface area contributed by atoms with Gasteiger partial charge in [-0.15, -0.1) is 0 Å². The van der Waals surface area contributed by atoms with Gasteiger partial charge in [0.2, 0.25) is 0 Å². The number of aliphatic hydroxyl groups is 1. The van der Waals surface area contributed by atoms with Crippen LogP contribution >= 0.6 is 7.82 Å². The minimum absolute atomic E-state index is 0.0468. The smallest absolute Gasteiger partial charge is 0.472 e. The molecule has 0 heterocycles. The van der Waals surface area contributed by atoms with Gasteiger partial charge in [0.15, 0.2) is 6.10 Å². The number of carboxylic acid groups (broad SMARTS) is 1. The number of phosphoric acid groups is 1. The molecule has 0 aromatic carbocycles. The zero-order valence-electron chi connectivity index (χ0n) is 37.6. The minimum atomic E-state index is -4.77. The molecular weight excluding hydrogens is 797 g/mol. The summed E-state index contributed by atoms with van der Waals surface area (Å²) in [6.07, 6.45) is 47.1. The SMILES string of the molecule is CC/C=C\C/C=C\C/C=C\C/C=C\C=C/C(O)C/C=C\CCC(=O)O[C@H](COC(=O)CCCCCCCCCCCCCCCCCCC)COP(=O)(O)OC[C@H](N)C(=O)O. The molecule has 61 heavy (non-hydrogen) atoms. The van der Waals surface area contributed by atoms with Crippen molar-refractivity contribution in [3.05, 3.63) is 72.9 Å². The molecule has 4 atom stereocenters. The lowest BCUT2D eigenvalue weighted by atomic mass is 10.0. The Hall–Kier alpha value is -3.12. The topological polar surface area (TPSA) is 192 Å². The highest BCUT2D eigenvalue weighted by Crippen LogP contribution is 2.43. The normalized spacial score (nSPS) is 14.8. The maximum absolute atomic E-state index is 12.6. The van der Waals surface area contributed by atoms with Crippen molar-refractivity contribution in [3.8, 4) is 0 Å². The third kappa shape index (κ3) is 42.0. The molecule has 0 aromatic heterocycles. The van der Waals surface area contributed by atoms with E-state index in [1.807, 2.05) is 12.2 Å². The van der Waals surface area contributed by atoms with Crippen LogP contribution in [-0.2, 0) is 37.5 Å². The average Bonchev–Trinajstić information content (AvgIpc) is 3.23. The van der Waals surface area contributed by atoms with Crippen LogP contribution in [0.15, 0.2) is 72.9 Å². The highest BCUT2D eigenvalue weighted by molar-refractivity contribution is 7.47. The molecular formula is C48H82NO11P. The van der Waals surface area contributed by atoms with Crippen LogP contribution in [0.25, 0.3) is 0 Å². The second-order valence-corrected chi connectivity index (χ2v) is 16.8. The van der Waals surface area contributed by atoms with E-state index < -0.39 is 63.8 Å². The molecule has 0 aliphatic heterocycles. The molecule has 0 rings (SSSR count). The molecule has 0 saturated carbocycles. The number of aliphatic carboxylic acids is 1. The van der Waals surface area contributed by atoms with Gasteiger partial charge < -0.3 is 30.3 Å². The van der Waals surface area contributed by atoms with E-state index in [1.165, 1.54) is 83.5 Å². The summed E-state index contributed by atoms with van der Waals surface area (Å²) in [5.41, 5.74) is 5.33. The average molecular weight is 880 g/mol. The summed E-state index contributed by atoms with van der Waals surface area (Å²) in [6.45, 7) is 2.52. The number of aliphatic hydroxyl groups excluding tert-OH is 1. The van der Waals surface area contributed by atoms with Crippen molar-refractivity contribution in [3.63, 3.8) is 0 Å². The molecule has 350 valence electrons. The Morgan fingerprint density at radius 1 is 0.607 bits per heavy atom. The number of phosphoric ester groups is 1. The summed E-state index contributed by atoms with van der Waals surface area (Å²) in [4.78, 5) is 46.0. The fourth-order valence-corrected chi connectivity index (χ4v) is 6.72. The zero-order valence-corrected chi connectivity index (χ0v) is 38.5. The summed E-state index contributed by atoms with van der Waals surface area (Å²) in [6, 6.07) is -1.55. The number of esters is 2. The second kappa shape index (κ2) is 42.2. The Morgan fingerprint density at radius 2 is 1.11 bits per heavy atom. The van der Waals surface area contributed by atoms with Gasteiger partial charge in [0, 0.05) is 12.8 Å². The molecule has 2 unspecified atom stereocenters. The fourth-order valence-electron chi connectivity index (χ4n) is 5.94. The summed E-state index contributed by atoms with van der Waals surface area (Å²) in [5, 5.41) is 19.1. The highest BCUT2D eigenvalue weighted by atomic mass is 31.2. The number of rotatable bonds is 42. The van der Waals surface area contributed by atoms with Crippen molar-refractivity contribution in [2.24, 2.45) is 5.73 Å². The molecule has 0 aromatic rings.